The van der Waals surface area contributed by atoms with Crippen LogP contribution in [0.4, 0.5) is 5.69 Å². The van der Waals surface area contributed by atoms with Crippen LogP contribution in [0, 0.1) is 6.92 Å². The van der Waals surface area contributed by atoms with E-state index in [0.29, 0.717) is 5.69 Å². The standard InChI is InChI=1S/C22H22N4O3S.ClH/c1-17-11-13-18(14-12-17)26(30(28,29)20-7-3-2-4-8-20)16-19(27)15-25-22-10-6-5-9-21(22)23-24-25;/h2-14,19,27H,15-16H2,1H3;1H. The molecule has 0 aliphatic heterocycles. The smallest absolute Gasteiger partial charge is 0.264 e. The third-order valence-corrected chi connectivity index (χ3v) is 6.69. The molecule has 162 valence electrons. The molecule has 4 rings (SSSR count). The van der Waals surface area contributed by atoms with Crippen molar-refractivity contribution in [2.75, 3.05) is 10.8 Å². The lowest BCUT2D eigenvalue weighted by Gasteiger charge is -2.26. The molecule has 0 spiro atoms. The van der Waals surface area contributed by atoms with Crippen molar-refractivity contribution in [1.29, 1.82) is 0 Å². The van der Waals surface area contributed by atoms with E-state index in [1.54, 1.807) is 47.1 Å². The molecule has 31 heavy (non-hydrogen) atoms. The Morgan fingerprint density at radius 2 is 1.65 bits per heavy atom. The lowest BCUT2D eigenvalue weighted by atomic mass is 10.2. The van der Waals surface area contributed by atoms with Crippen LogP contribution in [-0.2, 0) is 16.6 Å². The molecule has 9 heteroatoms. The van der Waals surface area contributed by atoms with Crippen molar-refractivity contribution in [3.8, 4) is 0 Å². The maximum Gasteiger partial charge on any atom is 0.264 e. The van der Waals surface area contributed by atoms with E-state index in [0.717, 1.165) is 16.6 Å². The molecule has 0 bridgehead atoms. The number of H-pyrrole nitrogens is 1. The minimum absolute atomic E-state index is 0. The minimum Gasteiger partial charge on any atom is -1.00 e. The molecule has 0 radical (unpaired) electrons. The van der Waals surface area contributed by atoms with E-state index in [1.807, 2.05) is 43.3 Å². The summed E-state index contributed by atoms with van der Waals surface area (Å²) in [6.45, 7) is 2.02. The molecule has 2 N–H and O–H groups in total. The summed E-state index contributed by atoms with van der Waals surface area (Å²) >= 11 is 0. The predicted molar refractivity (Wildman–Crippen MR) is 114 cm³/mol. The monoisotopic (exact) mass is 458 g/mol. The zero-order chi connectivity index (χ0) is 21.1. The molecule has 7 nitrogen and oxygen atoms in total. The van der Waals surface area contributed by atoms with E-state index in [9.17, 15) is 13.5 Å². The SMILES string of the molecule is Cc1ccc(N(CC(O)C[n+]2[nH]nc3ccccc32)S(=O)(=O)c2ccccc2)cc1.[Cl-]. The number of aromatic amines is 1. The van der Waals surface area contributed by atoms with E-state index in [-0.39, 0.29) is 30.4 Å². The van der Waals surface area contributed by atoms with E-state index < -0.39 is 16.1 Å². The highest BCUT2D eigenvalue weighted by atomic mass is 35.5. The number of para-hydroxylation sites is 2. The number of hydrogen-bond acceptors (Lipinski definition) is 4. The third kappa shape index (κ3) is 4.87. The van der Waals surface area contributed by atoms with Crippen molar-refractivity contribution in [3.05, 3.63) is 84.4 Å². The lowest BCUT2D eigenvalue weighted by molar-refractivity contribution is -0.736. The van der Waals surface area contributed by atoms with Crippen molar-refractivity contribution in [1.82, 2.24) is 10.3 Å². The summed E-state index contributed by atoms with van der Waals surface area (Å²) < 4.78 is 29.7. The number of rotatable bonds is 7. The zero-order valence-corrected chi connectivity index (χ0v) is 18.5. The van der Waals surface area contributed by atoms with Gasteiger partial charge in [0.05, 0.1) is 17.1 Å². The van der Waals surface area contributed by atoms with Crippen molar-refractivity contribution in [3.63, 3.8) is 0 Å². The summed E-state index contributed by atoms with van der Waals surface area (Å²) in [6, 6.07) is 23.0. The van der Waals surface area contributed by atoms with Gasteiger partial charge in [-0.15, -0.1) is 0 Å². The Kier molecular flexibility index (Phi) is 6.94. The molecular formula is C22H23ClN4O3S. The number of aryl methyl sites for hydroxylation is 1. The average Bonchev–Trinajstić information content (AvgIpc) is 3.16. The van der Waals surface area contributed by atoms with E-state index >= 15 is 0 Å². The Labute approximate surface area is 187 Å². The molecule has 1 atom stereocenters. The molecule has 1 unspecified atom stereocenters. The molecule has 1 heterocycles. The number of nitrogens with one attached hydrogen (secondary N) is 1. The van der Waals surface area contributed by atoms with Crippen LogP contribution in [0.25, 0.3) is 11.0 Å². The summed E-state index contributed by atoms with van der Waals surface area (Å²) in [5.41, 5.74) is 3.14. The number of fused-ring (bicyclic) bond motifs is 1. The molecule has 0 fully saturated rings. The Morgan fingerprint density at radius 1 is 1.00 bits per heavy atom. The lowest BCUT2D eigenvalue weighted by Crippen LogP contribution is -3.00. The van der Waals surface area contributed by atoms with Crippen LogP contribution in [0.1, 0.15) is 5.56 Å². The Balaban J connectivity index is 0.00000272. The molecule has 0 saturated carbocycles. The van der Waals surface area contributed by atoms with Gasteiger partial charge < -0.3 is 17.5 Å². The van der Waals surface area contributed by atoms with Gasteiger partial charge in [-0.2, -0.15) is 4.68 Å². The normalized spacial score (nSPS) is 12.3. The van der Waals surface area contributed by atoms with Crippen molar-refractivity contribution in [2.24, 2.45) is 0 Å². The first kappa shape index (κ1) is 22.7. The van der Waals surface area contributed by atoms with Crippen LogP contribution in [0.2, 0.25) is 0 Å². The molecule has 0 saturated heterocycles. The first-order valence-corrected chi connectivity index (χ1v) is 11.0. The van der Waals surface area contributed by atoms with Gasteiger partial charge in [0.2, 0.25) is 11.0 Å². The van der Waals surface area contributed by atoms with Gasteiger partial charge in [0, 0.05) is 5.10 Å². The quantitative estimate of drug-likeness (QED) is 0.363. The predicted octanol–water partition coefficient (Wildman–Crippen LogP) is -0.581. The summed E-state index contributed by atoms with van der Waals surface area (Å²) in [7, 11) is -3.85. The second-order valence-corrected chi connectivity index (χ2v) is 9.01. The van der Waals surface area contributed by atoms with Gasteiger partial charge in [0.15, 0.2) is 0 Å². The molecular weight excluding hydrogens is 436 g/mol. The van der Waals surface area contributed by atoms with E-state index in [1.165, 1.54) is 4.31 Å². The fourth-order valence-electron chi connectivity index (χ4n) is 3.33. The second-order valence-electron chi connectivity index (χ2n) is 7.15. The third-order valence-electron chi connectivity index (χ3n) is 4.89. The number of benzene rings is 3. The minimum atomic E-state index is -3.85. The second kappa shape index (κ2) is 9.47. The van der Waals surface area contributed by atoms with E-state index in [2.05, 4.69) is 10.3 Å². The van der Waals surface area contributed by atoms with Crippen LogP contribution in [0.5, 0.6) is 0 Å². The maximum atomic E-state index is 13.4. The first-order valence-electron chi connectivity index (χ1n) is 9.60. The van der Waals surface area contributed by atoms with Gasteiger partial charge >= 0.3 is 0 Å². The molecule has 1 aromatic heterocycles. The topological polar surface area (TPSA) is 90.2 Å². The fraction of sp³-hybridized carbons (Fsp3) is 0.182. The van der Waals surface area contributed by atoms with Crippen molar-refractivity contribution >= 4 is 26.7 Å². The van der Waals surface area contributed by atoms with Gasteiger partial charge in [-0.05, 0) is 43.3 Å². The van der Waals surface area contributed by atoms with Gasteiger partial charge in [0.1, 0.15) is 12.6 Å². The summed E-state index contributed by atoms with van der Waals surface area (Å²) in [4.78, 5) is 0.178. The number of aliphatic hydroxyl groups excluding tert-OH is 1. The molecule has 0 amide bonds. The average molecular weight is 459 g/mol. The van der Waals surface area contributed by atoms with Crippen LogP contribution < -0.4 is 21.4 Å². The summed E-state index contributed by atoms with van der Waals surface area (Å²) in [5.74, 6) is 0. The molecule has 0 aliphatic carbocycles. The highest BCUT2D eigenvalue weighted by molar-refractivity contribution is 7.92. The number of hydrogen-bond donors (Lipinski definition) is 2. The number of aliphatic hydroxyl groups is 1. The van der Waals surface area contributed by atoms with Gasteiger partial charge in [0.25, 0.3) is 10.0 Å². The van der Waals surface area contributed by atoms with Crippen LogP contribution in [0.3, 0.4) is 0 Å². The Bertz CT molecular complexity index is 1240. The highest BCUT2D eigenvalue weighted by Gasteiger charge is 2.28. The Hall–Kier alpha value is -2.94. The Morgan fingerprint density at radius 3 is 2.35 bits per heavy atom. The van der Waals surface area contributed by atoms with Crippen LogP contribution in [-0.4, -0.2) is 36.5 Å². The molecule has 4 aromatic rings. The van der Waals surface area contributed by atoms with Gasteiger partial charge in [-0.25, -0.2) is 8.42 Å². The largest absolute Gasteiger partial charge is 1.00 e. The molecule has 3 aromatic carbocycles. The number of halogens is 1. The summed E-state index contributed by atoms with van der Waals surface area (Å²) in [6.07, 6.45) is -0.960. The maximum absolute atomic E-state index is 13.4. The number of sulfonamides is 1. The van der Waals surface area contributed by atoms with Crippen LogP contribution in [0.15, 0.2) is 83.8 Å². The van der Waals surface area contributed by atoms with Crippen LogP contribution >= 0.6 is 0 Å². The first-order chi connectivity index (χ1) is 14.4. The van der Waals surface area contributed by atoms with Gasteiger partial charge in [-0.1, -0.05) is 53.2 Å². The van der Waals surface area contributed by atoms with Crippen molar-refractivity contribution in [2.45, 2.75) is 24.5 Å². The zero-order valence-electron chi connectivity index (χ0n) is 16.9. The number of nitrogens with zero attached hydrogens (tertiary/aromatic N) is 3. The number of anilines is 1. The number of aromatic nitrogens is 3. The highest BCUT2D eigenvalue weighted by Crippen LogP contribution is 2.24. The summed E-state index contributed by atoms with van der Waals surface area (Å²) in [5, 5.41) is 17.9. The van der Waals surface area contributed by atoms with Crippen molar-refractivity contribution < 1.29 is 30.6 Å². The molecule has 0 aliphatic rings. The van der Waals surface area contributed by atoms with Gasteiger partial charge in [-0.3, -0.25) is 4.31 Å². The fourth-order valence-corrected chi connectivity index (χ4v) is 4.85. The van der Waals surface area contributed by atoms with E-state index in [4.69, 9.17) is 0 Å².